The van der Waals surface area contributed by atoms with Crippen molar-refractivity contribution in [3.05, 3.63) is 107 Å². The molecule has 0 bridgehead atoms. The minimum Gasteiger partial charge on any atom is -0.508 e. The summed E-state index contributed by atoms with van der Waals surface area (Å²) >= 11 is 0. The van der Waals surface area contributed by atoms with Crippen LogP contribution in [0.15, 0.2) is 78.9 Å². The molecule has 4 aromatic rings. The summed E-state index contributed by atoms with van der Waals surface area (Å²) in [7, 11) is 0. The molecule has 8 heteroatoms. The van der Waals surface area contributed by atoms with E-state index in [0.29, 0.717) is 11.1 Å². The van der Waals surface area contributed by atoms with E-state index in [1.54, 1.807) is 36.4 Å². The summed E-state index contributed by atoms with van der Waals surface area (Å²) in [5.74, 6) is -2.04. The van der Waals surface area contributed by atoms with Gasteiger partial charge in [-0.15, -0.1) is 0 Å². The molecule has 0 radical (unpaired) electrons. The molecule has 0 spiro atoms. The monoisotopic (exact) mass is 514 g/mol. The molecule has 6 rings (SSSR count). The zero-order chi connectivity index (χ0) is 26.6. The molecule has 0 saturated carbocycles. The molecular formula is C30H26O8. The van der Waals surface area contributed by atoms with Crippen molar-refractivity contribution >= 4 is 0 Å². The Hall–Kier alpha value is -4.40. The smallest absolute Gasteiger partial charge is 0.150 e. The minimum absolute atomic E-state index is 0.0316. The van der Waals surface area contributed by atoms with Crippen LogP contribution in [0, 0.1) is 0 Å². The van der Waals surface area contributed by atoms with Gasteiger partial charge in [-0.05, 0) is 11.1 Å². The van der Waals surface area contributed by atoms with E-state index in [0.717, 1.165) is 12.1 Å². The lowest BCUT2D eigenvalue weighted by Crippen LogP contribution is -2.36. The van der Waals surface area contributed by atoms with E-state index in [-0.39, 0.29) is 57.6 Å². The van der Waals surface area contributed by atoms with Crippen LogP contribution in [0.3, 0.4) is 0 Å². The Kier molecular flexibility index (Phi) is 5.78. The van der Waals surface area contributed by atoms with Crippen molar-refractivity contribution in [2.45, 2.75) is 36.8 Å². The molecule has 194 valence electrons. The highest BCUT2D eigenvalue weighted by Crippen LogP contribution is 2.56. The number of ether oxygens (including phenoxy) is 2. The second-order valence-electron chi connectivity index (χ2n) is 9.65. The maximum absolute atomic E-state index is 11.7. The van der Waals surface area contributed by atoms with Crippen LogP contribution in [-0.4, -0.2) is 42.8 Å². The van der Waals surface area contributed by atoms with Gasteiger partial charge in [0.25, 0.3) is 0 Å². The van der Waals surface area contributed by atoms with Gasteiger partial charge in [-0.3, -0.25) is 0 Å². The van der Waals surface area contributed by atoms with Crippen LogP contribution in [0.25, 0.3) is 0 Å². The van der Waals surface area contributed by atoms with Crippen molar-refractivity contribution in [3.8, 4) is 34.5 Å². The topological polar surface area (TPSA) is 140 Å². The average molecular weight is 515 g/mol. The van der Waals surface area contributed by atoms with Crippen LogP contribution in [-0.2, 0) is 6.42 Å². The van der Waals surface area contributed by atoms with Gasteiger partial charge in [0.2, 0.25) is 0 Å². The van der Waals surface area contributed by atoms with E-state index in [9.17, 15) is 30.6 Å². The predicted octanol–water partition coefficient (Wildman–Crippen LogP) is 4.17. The lowest BCUT2D eigenvalue weighted by molar-refractivity contribution is 0.00126. The zero-order valence-corrected chi connectivity index (χ0v) is 20.1. The van der Waals surface area contributed by atoms with Gasteiger partial charge in [-0.2, -0.15) is 0 Å². The van der Waals surface area contributed by atoms with E-state index in [2.05, 4.69) is 0 Å². The van der Waals surface area contributed by atoms with Crippen molar-refractivity contribution in [2.24, 2.45) is 0 Å². The van der Waals surface area contributed by atoms with Gasteiger partial charge < -0.3 is 40.1 Å². The van der Waals surface area contributed by atoms with E-state index in [1.165, 1.54) is 6.07 Å². The molecule has 4 aromatic carbocycles. The third-order valence-corrected chi connectivity index (χ3v) is 7.27. The number of phenols is 4. The first-order valence-electron chi connectivity index (χ1n) is 12.3. The van der Waals surface area contributed by atoms with Crippen LogP contribution in [0.2, 0.25) is 0 Å². The number of phenolic OH excluding ortho intramolecular Hbond substituents is 4. The Labute approximate surface area is 218 Å². The molecule has 5 unspecified atom stereocenters. The second kappa shape index (κ2) is 9.16. The van der Waals surface area contributed by atoms with Crippen molar-refractivity contribution in [1.82, 2.24) is 0 Å². The molecule has 5 atom stereocenters. The molecule has 2 heterocycles. The Morgan fingerprint density at radius 1 is 0.632 bits per heavy atom. The molecule has 0 amide bonds. The highest BCUT2D eigenvalue weighted by molar-refractivity contribution is 5.65. The largest absolute Gasteiger partial charge is 0.508 e. The summed E-state index contributed by atoms with van der Waals surface area (Å²) in [5.41, 5.74) is 1.89. The van der Waals surface area contributed by atoms with E-state index in [4.69, 9.17) is 9.47 Å². The Morgan fingerprint density at radius 3 is 1.89 bits per heavy atom. The summed E-state index contributed by atoms with van der Waals surface area (Å²) in [6.45, 7) is 0. The predicted molar refractivity (Wildman–Crippen MR) is 137 cm³/mol. The van der Waals surface area contributed by atoms with Gasteiger partial charge >= 0.3 is 0 Å². The molecule has 38 heavy (non-hydrogen) atoms. The van der Waals surface area contributed by atoms with Gasteiger partial charge in [0.15, 0.2) is 6.10 Å². The van der Waals surface area contributed by atoms with Crippen LogP contribution in [0.4, 0.5) is 0 Å². The van der Waals surface area contributed by atoms with Crippen LogP contribution < -0.4 is 9.47 Å². The summed E-state index contributed by atoms with van der Waals surface area (Å²) < 4.78 is 12.4. The molecule has 2 aliphatic rings. The number of hydrogen-bond donors (Lipinski definition) is 6. The minimum atomic E-state index is -1.31. The summed E-state index contributed by atoms with van der Waals surface area (Å²) in [5, 5.41) is 65.6. The second-order valence-corrected chi connectivity index (χ2v) is 9.65. The highest BCUT2D eigenvalue weighted by atomic mass is 16.5. The van der Waals surface area contributed by atoms with Crippen molar-refractivity contribution < 1.29 is 40.1 Å². The van der Waals surface area contributed by atoms with Gasteiger partial charge in [-0.25, -0.2) is 0 Å². The number of aliphatic hydroxyl groups is 2. The van der Waals surface area contributed by atoms with E-state index >= 15 is 0 Å². The molecule has 6 N–H and O–H groups in total. The van der Waals surface area contributed by atoms with Crippen molar-refractivity contribution in [1.29, 1.82) is 0 Å². The van der Waals surface area contributed by atoms with E-state index < -0.39 is 30.3 Å². The summed E-state index contributed by atoms with van der Waals surface area (Å²) in [6, 6.07) is 21.7. The molecule has 0 fully saturated rings. The number of aliphatic hydroxyl groups excluding tert-OH is 2. The first kappa shape index (κ1) is 24.0. The number of aromatic hydroxyl groups is 4. The number of benzene rings is 4. The SMILES string of the molecule is Oc1cc(O)c2c(c1)OC(c1ccccc1)C(O)C2c1c(O)cc(O)c2c1OC(c1ccccc1)C(O)C2. The number of fused-ring (bicyclic) bond motifs is 2. The third-order valence-electron chi connectivity index (χ3n) is 7.27. The quantitative estimate of drug-likeness (QED) is 0.239. The van der Waals surface area contributed by atoms with Crippen LogP contribution in [0.1, 0.15) is 45.9 Å². The highest BCUT2D eigenvalue weighted by Gasteiger charge is 2.46. The fraction of sp³-hybridized carbons (Fsp3) is 0.200. The third kappa shape index (κ3) is 3.86. The standard InChI is InChI=1S/C30H26O8/c31-17-11-20(33)24-23(12-17)37-29(16-9-5-2-6-10-16)27(36)26(24)25-21(34)14-19(32)18-13-22(35)28(38-30(18)25)15-7-3-1-4-8-15/h1-12,14,22,26-29,31-36H,13H2. The maximum Gasteiger partial charge on any atom is 0.150 e. The normalized spacial score (nSPS) is 24.0. The number of hydrogen-bond acceptors (Lipinski definition) is 8. The lowest BCUT2D eigenvalue weighted by Gasteiger charge is -2.40. The molecule has 0 aromatic heterocycles. The average Bonchev–Trinajstić information content (AvgIpc) is 2.90. The van der Waals surface area contributed by atoms with Gasteiger partial charge in [0.05, 0.1) is 12.0 Å². The molecular weight excluding hydrogens is 488 g/mol. The zero-order valence-electron chi connectivity index (χ0n) is 20.1. The van der Waals surface area contributed by atoms with Crippen molar-refractivity contribution in [2.75, 3.05) is 0 Å². The first-order chi connectivity index (χ1) is 18.3. The fourth-order valence-corrected chi connectivity index (χ4v) is 5.56. The Bertz CT molecular complexity index is 1490. The van der Waals surface area contributed by atoms with Gasteiger partial charge in [-0.1, -0.05) is 60.7 Å². The van der Waals surface area contributed by atoms with Crippen LogP contribution in [0.5, 0.6) is 34.5 Å². The lowest BCUT2D eigenvalue weighted by atomic mass is 9.77. The van der Waals surface area contributed by atoms with Gasteiger partial charge in [0, 0.05) is 41.3 Å². The maximum atomic E-state index is 11.7. The Morgan fingerprint density at radius 2 is 1.24 bits per heavy atom. The molecule has 0 aliphatic carbocycles. The number of rotatable bonds is 3. The molecule has 2 aliphatic heterocycles. The molecule has 8 nitrogen and oxygen atoms in total. The van der Waals surface area contributed by atoms with Gasteiger partial charge in [0.1, 0.15) is 46.7 Å². The fourth-order valence-electron chi connectivity index (χ4n) is 5.56. The first-order valence-corrected chi connectivity index (χ1v) is 12.3. The molecule has 0 saturated heterocycles. The van der Waals surface area contributed by atoms with E-state index in [1.807, 2.05) is 24.3 Å². The Balaban J connectivity index is 1.57. The van der Waals surface area contributed by atoms with Crippen molar-refractivity contribution in [3.63, 3.8) is 0 Å². The van der Waals surface area contributed by atoms with Crippen LogP contribution >= 0.6 is 0 Å². The summed E-state index contributed by atoms with van der Waals surface area (Å²) in [4.78, 5) is 0. The summed E-state index contributed by atoms with van der Waals surface area (Å²) in [6.07, 6.45) is -3.99.